The van der Waals surface area contributed by atoms with E-state index in [1.807, 2.05) is 7.05 Å². The maximum Gasteiger partial charge on any atom is 0.211 e. The van der Waals surface area contributed by atoms with Gasteiger partial charge in [-0.25, -0.2) is 13.1 Å². The topological polar surface area (TPSA) is 58.2 Å². The van der Waals surface area contributed by atoms with Gasteiger partial charge in [0.15, 0.2) is 0 Å². The second kappa shape index (κ2) is 7.46. The van der Waals surface area contributed by atoms with Crippen LogP contribution in [0, 0.1) is 11.8 Å². The molecule has 1 aliphatic carbocycles. The van der Waals surface area contributed by atoms with Crippen molar-refractivity contribution >= 4 is 10.0 Å². The van der Waals surface area contributed by atoms with E-state index in [1.165, 1.54) is 0 Å². The van der Waals surface area contributed by atoms with Crippen LogP contribution in [0.5, 0.6) is 0 Å². The van der Waals surface area contributed by atoms with Crippen molar-refractivity contribution in [2.75, 3.05) is 19.3 Å². The van der Waals surface area contributed by atoms with E-state index in [9.17, 15) is 8.42 Å². The molecule has 5 heteroatoms. The molecule has 3 unspecified atom stereocenters. The smallest absolute Gasteiger partial charge is 0.211 e. The van der Waals surface area contributed by atoms with Crippen LogP contribution in [0.1, 0.15) is 46.0 Å². The van der Waals surface area contributed by atoms with Crippen LogP contribution in [0.2, 0.25) is 0 Å². The first-order chi connectivity index (χ1) is 8.50. The first-order valence-corrected chi connectivity index (χ1v) is 8.80. The molecule has 0 aliphatic heterocycles. The maximum absolute atomic E-state index is 12.0. The Morgan fingerprint density at radius 1 is 1.22 bits per heavy atom. The Labute approximate surface area is 112 Å². The monoisotopic (exact) mass is 276 g/mol. The molecule has 0 spiro atoms. The summed E-state index contributed by atoms with van der Waals surface area (Å²) in [7, 11) is -1.20. The lowest BCUT2D eigenvalue weighted by Crippen LogP contribution is -2.38. The van der Waals surface area contributed by atoms with Crippen LogP contribution in [0.15, 0.2) is 0 Å². The fraction of sp³-hybridized carbons (Fsp3) is 1.00. The molecular weight excluding hydrogens is 248 g/mol. The van der Waals surface area contributed by atoms with Gasteiger partial charge in [0.05, 0.1) is 5.75 Å². The summed E-state index contributed by atoms with van der Waals surface area (Å²) in [6, 6.07) is 0.157. The molecule has 1 saturated carbocycles. The van der Waals surface area contributed by atoms with E-state index >= 15 is 0 Å². The molecule has 1 aliphatic rings. The lowest BCUT2D eigenvalue weighted by atomic mass is 9.94. The third-order valence-electron chi connectivity index (χ3n) is 4.17. The molecule has 108 valence electrons. The highest BCUT2D eigenvalue weighted by molar-refractivity contribution is 7.89. The molecule has 1 rings (SSSR count). The summed E-state index contributed by atoms with van der Waals surface area (Å²) in [6.07, 6.45) is 4.95. The summed E-state index contributed by atoms with van der Waals surface area (Å²) in [6.45, 7) is 5.25. The highest BCUT2D eigenvalue weighted by Crippen LogP contribution is 2.34. The fourth-order valence-corrected chi connectivity index (χ4v) is 4.37. The van der Waals surface area contributed by atoms with E-state index in [0.717, 1.165) is 38.6 Å². The minimum atomic E-state index is -3.09. The predicted molar refractivity (Wildman–Crippen MR) is 76.1 cm³/mol. The van der Waals surface area contributed by atoms with Gasteiger partial charge in [-0.2, -0.15) is 0 Å². The van der Waals surface area contributed by atoms with Gasteiger partial charge in [0.2, 0.25) is 10.0 Å². The SMILES string of the molecule is CCC1CCC(NS(=O)(=O)CCCCNC)C1C. The van der Waals surface area contributed by atoms with Crippen molar-refractivity contribution in [3.8, 4) is 0 Å². The van der Waals surface area contributed by atoms with Crippen molar-refractivity contribution < 1.29 is 8.42 Å². The van der Waals surface area contributed by atoms with E-state index in [-0.39, 0.29) is 11.8 Å². The third kappa shape index (κ3) is 4.86. The lowest BCUT2D eigenvalue weighted by molar-refractivity contribution is 0.368. The molecule has 0 heterocycles. The van der Waals surface area contributed by atoms with Gasteiger partial charge in [0.25, 0.3) is 0 Å². The van der Waals surface area contributed by atoms with Crippen LogP contribution >= 0.6 is 0 Å². The maximum atomic E-state index is 12.0. The highest BCUT2D eigenvalue weighted by atomic mass is 32.2. The largest absolute Gasteiger partial charge is 0.320 e. The molecule has 1 fully saturated rings. The van der Waals surface area contributed by atoms with Gasteiger partial charge < -0.3 is 5.32 Å². The molecule has 2 N–H and O–H groups in total. The second-order valence-corrected chi connectivity index (χ2v) is 7.33. The van der Waals surface area contributed by atoms with Crippen molar-refractivity contribution in [2.24, 2.45) is 11.8 Å². The van der Waals surface area contributed by atoms with Gasteiger partial charge in [-0.1, -0.05) is 20.3 Å². The zero-order chi connectivity index (χ0) is 13.6. The zero-order valence-corrected chi connectivity index (χ0v) is 12.7. The van der Waals surface area contributed by atoms with E-state index < -0.39 is 10.0 Å². The number of sulfonamides is 1. The normalized spacial score (nSPS) is 28.7. The van der Waals surface area contributed by atoms with E-state index in [0.29, 0.717) is 11.8 Å². The third-order valence-corrected chi connectivity index (χ3v) is 5.66. The number of unbranched alkanes of at least 4 members (excludes halogenated alkanes) is 1. The van der Waals surface area contributed by atoms with Crippen LogP contribution in [-0.4, -0.2) is 33.8 Å². The molecule has 0 aromatic rings. The van der Waals surface area contributed by atoms with Crippen LogP contribution in [0.25, 0.3) is 0 Å². The number of hydrogen-bond donors (Lipinski definition) is 2. The molecule has 0 aromatic carbocycles. The van der Waals surface area contributed by atoms with Crippen LogP contribution in [0.4, 0.5) is 0 Å². The summed E-state index contributed by atoms with van der Waals surface area (Å²) in [4.78, 5) is 0. The highest BCUT2D eigenvalue weighted by Gasteiger charge is 2.33. The molecule has 0 bridgehead atoms. The quantitative estimate of drug-likeness (QED) is 0.664. The van der Waals surface area contributed by atoms with Crippen LogP contribution < -0.4 is 10.0 Å². The second-order valence-electron chi connectivity index (χ2n) is 5.46. The Kier molecular flexibility index (Phi) is 6.60. The first-order valence-electron chi connectivity index (χ1n) is 7.14. The molecule has 0 aromatic heterocycles. The van der Waals surface area contributed by atoms with Gasteiger partial charge >= 0.3 is 0 Å². The Bertz CT molecular complexity index is 330. The summed E-state index contributed by atoms with van der Waals surface area (Å²) >= 11 is 0. The first kappa shape index (κ1) is 15.9. The summed E-state index contributed by atoms with van der Waals surface area (Å²) in [5.74, 6) is 1.42. The van der Waals surface area contributed by atoms with Crippen LogP contribution in [-0.2, 0) is 10.0 Å². The lowest BCUT2D eigenvalue weighted by Gasteiger charge is -2.20. The minimum Gasteiger partial charge on any atom is -0.320 e. The summed E-state index contributed by atoms with van der Waals surface area (Å²) in [5.41, 5.74) is 0. The summed E-state index contributed by atoms with van der Waals surface area (Å²) in [5, 5.41) is 3.03. The Hall–Kier alpha value is -0.130. The fourth-order valence-electron chi connectivity index (χ4n) is 2.87. The Morgan fingerprint density at radius 3 is 2.50 bits per heavy atom. The predicted octanol–water partition coefficient (Wildman–Crippen LogP) is 1.73. The number of nitrogens with one attached hydrogen (secondary N) is 2. The molecule has 3 atom stereocenters. The van der Waals surface area contributed by atoms with Crippen molar-refractivity contribution in [2.45, 2.75) is 52.0 Å². The average molecular weight is 276 g/mol. The van der Waals surface area contributed by atoms with Crippen molar-refractivity contribution in [3.63, 3.8) is 0 Å². The molecular formula is C13H28N2O2S. The van der Waals surface area contributed by atoms with Crippen molar-refractivity contribution in [1.29, 1.82) is 0 Å². The Morgan fingerprint density at radius 2 is 1.94 bits per heavy atom. The zero-order valence-electron chi connectivity index (χ0n) is 11.9. The number of hydrogen-bond acceptors (Lipinski definition) is 3. The van der Waals surface area contributed by atoms with Crippen LogP contribution in [0.3, 0.4) is 0 Å². The Balaban J connectivity index is 2.36. The summed E-state index contributed by atoms with van der Waals surface area (Å²) < 4.78 is 26.8. The average Bonchev–Trinajstić information content (AvgIpc) is 2.66. The van der Waals surface area contributed by atoms with Gasteiger partial charge in [0, 0.05) is 6.04 Å². The molecule has 4 nitrogen and oxygen atoms in total. The molecule has 0 radical (unpaired) electrons. The van der Waals surface area contributed by atoms with E-state index in [4.69, 9.17) is 0 Å². The van der Waals surface area contributed by atoms with Gasteiger partial charge in [-0.3, -0.25) is 0 Å². The molecule has 0 amide bonds. The van der Waals surface area contributed by atoms with Crippen molar-refractivity contribution in [3.05, 3.63) is 0 Å². The molecule has 18 heavy (non-hydrogen) atoms. The van der Waals surface area contributed by atoms with E-state index in [2.05, 4.69) is 23.9 Å². The van der Waals surface area contributed by atoms with Gasteiger partial charge in [0.1, 0.15) is 0 Å². The number of rotatable bonds is 8. The van der Waals surface area contributed by atoms with Crippen molar-refractivity contribution in [1.82, 2.24) is 10.0 Å². The molecule has 0 saturated heterocycles. The standard InChI is InChI=1S/C13H28N2O2S/c1-4-12-7-8-13(11(12)2)15-18(16,17)10-6-5-9-14-3/h11-15H,4-10H2,1-3H3. The van der Waals surface area contributed by atoms with Gasteiger partial charge in [-0.05, 0) is 51.1 Å². The van der Waals surface area contributed by atoms with Gasteiger partial charge in [-0.15, -0.1) is 0 Å². The minimum absolute atomic E-state index is 0.157. The van der Waals surface area contributed by atoms with E-state index in [1.54, 1.807) is 0 Å².